The van der Waals surface area contributed by atoms with Gasteiger partial charge in [0, 0.05) is 23.2 Å². The molecule has 0 aliphatic carbocycles. The lowest BCUT2D eigenvalue weighted by molar-refractivity contribution is 0.101. The molecule has 0 saturated heterocycles. The molecule has 0 fully saturated rings. The van der Waals surface area contributed by atoms with E-state index in [2.05, 4.69) is 38.0 Å². The monoisotopic (exact) mass is 274 g/mol. The SMILES string of the molecule is CCCCN=C(NC(C)(C)C)c1ccc(C(C)=O)cc1. The predicted octanol–water partition coefficient (Wildman–Crippen LogP) is 3.82. The zero-order valence-electron chi connectivity index (χ0n) is 13.3. The molecule has 0 aliphatic heterocycles. The molecule has 1 rings (SSSR count). The van der Waals surface area contributed by atoms with E-state index in [4.69, 9.17) is 0 Å². The first-order chi connectivity index (χ1) is 9.33. The van der Waals surface area contributed by atoms with Gasteiger partial charge in [-0.25, -0.2) is 0 Å². The van der Waals surface area contributed by atoms with Crippen LogP contribution in [0.4, 0.5) is 0 Å². The quantitative estimate of drug-likeness (QED) is 0.384. The van der Waals surface area contributed by atoms with Crippen molar-refractivity contribution in [2.24, 2.45) is 4.99 Å². The van der Waals surface area contributed by atoms with E-state index in [1.54, 1.807) is 6.92 Å². The van der Waals surface area contributed by atoms with Crippen molar-refractivity contribution in [2.45, 2.75) is 53.0 Å². The minimum Gasteiger partial charge on any atom is -0.365 e. The van der Waals surface area contributed by atoms with Crippen LogP contribution in [0, 0.1) is 0 Å². The van der Waals surface area contributed by atoms with Gasteiger partial charge in [-0.15, -0.1) is 0 Å². The second-order valence-corrected chi connectivity index (χ2v) is 6.09. The Morgan fingerprint density at radius 2 is 1.70 bits per heavy atom. The number of amidine groups is 1. The maximum absolute atomic E-state index is 11.3. The van der Waals surface area contributed by atoms with Crippen LogP contribution in [0.1, 0.15) is 63.4 Å². The minimum atomic E-state index is -0.0374. The molecule has 3 heteroatoms. The van der Waals surface area contributed by atoms with Crippen molar-refractivity contribution in [3.05, 3.63) is 35.4 Å². The molecule has 0 spiro atoms. The summed E-state index contributed by atoms with van der Waals surface area (Å²) >= 11 is 0. The van der Waals surface area contributed by atoms with E-state index in [1.165, 1.54) is 0 Å². The number of hydrogen-bond acceptors (Lipinski definition) is 2. The van der Waals surface area contributed by atoms with Crippen molar-refractivity contribution in [3.8, 4) is 0 Å². The summed E-state index contributed by atoms with van der Waals surface area (Å²) in [5.41, 5.74) is 1.73. The van der Waals surface area contributed by atoms with Gasteiger partial charge < -0.3 is 5.32 Å². The van der Waals surface area contributed by atoms with E-state index in [9.17, 15) is 4.79 Å². The van der Waals surface area contributed by atoms with Crippen LogP contribution >= 0.6 is 0 Å². The number of benzene rings is 1. The zero-order chi connectivity index (χ0) is 15.2. The van der Waals surface area contributed by atoms with Crippen molar-refractivity contribution in [1.82, 2.24) is 5.32 Å². The number of aliphatic imine (C=N–C) groups is 1. The molecule has 0 heterocycles. The summed E-state index contributed by atoms with van der Waals surface area (Å²) in [7, 11) is 0. The van der Waals surface area contributed by atoms with Gasteiger partial charge in [0.05, 0.1) is 0 Å². The number of ketones is 1. The average Bonchev–Trinajstić information content (AvgIpc) is 2.36. The molecule has 0 aromatic heterocycles. The van der Waals surface area contributed by atoms with E-state index in [0.29, 0.717) is 0 Å². The lowest BCUT2D eigenvalue weighted by atomic mass is 10.1. The van der Waals surface area contributed by atoms with Crippen molar-refractivity contribution >= 4 is 11.6 Å². The van der Waals surface area contributed by atoms with Crippen LogP contribution in [0.5, 0.6) is 0 Å². The first-order valence-electron chi connectivity index (χ1n) is 7.27. The van der Waals surface area contributed by atoms with E-state index < -0.39 is 0 Å². The summed E-state index contributed by atoms with van der Waals surface area (Å²) in [6.45, 7) is 10.9. The van der Waals surface area contributed by atoms with Gasteiger partial charge in [-0.1, -0.05) is 37.6 Å². The molecular weight excluding hydrogens is 248 g/mol. The van der Waals surface area contributed by atoms with Gasteiger partial charge in [0.15, 0.2) is 5.78 Å². The van der Waals surface area contributed by atoms with Gasteiger partial charge in [0.1, 0.15) is 5.84 Å². The normalized spacial score (nSPS) is 12.3. The third kappa shape index (κ3) is 5.55. The van der Waals surface area contributed by atoms with Gasteiger partial charge >= 0.3 is 0 Å². The van der Waals surface area contributed by atoms with Crippen molar-refractivity contribution in [2.75, 3.05) is 6.54 Å². The molecule has 0 amide bonds. The fourth-order valence-corrected chi connectivity index (χ4v) is 1.77. The largest absolute Gasteiger partial charge is 0.365 e. The Morgan fingerprint density at radius 1 is 1.15 bits per heavy atom. The lowest BCUT2D eigenvalue weighted by Crippen LogP contribution is -2.41. The minimum absolute atomic E-state index is 0.0374. The molecule has 0 unspecified atom stereocenters. The molecule has 1 N–H and O–H groups in total. The number of unbranched alkanes of at least 4 members (excludes halogenated alkanes) is 1. The highest BCUT2D eigenvalue weighted by Crippen LogP contribution is 2.09. The average molecular weight is 274 g/mol. The summed E-state index contributed by atoms with van der Waals surface area (Å²) in [5, 5.41) is 3.45. The highest BCUT2D eigenvalue weighted by molar-refractivity contribution is 6.00. The van der Waals surface area contributed by atoms with Crippen LogP contribution in [-0.2, 0) is 0 Å². The third-order valence-corrected chi connectivity index (χ3v) is 2.84. The number of carbonyl (C=O) groups is 1. The Labute approximate surface area is 122 Å². The Balaban J connectivity index is 2.97. The molecule has 20 heavy (non-hydrogen) atoms. The lowest BCUT2D eigenvalue weighted by Gasteiger charge is -2.23. The number of hydrogen-bond donors (Lipinski definition) is 1. The van der Waals surface area contributed by atoms with Crippen LogP contribution in [0.15, 0.2) is 29.3 Å². The molecule has 0 saturated carbocycles. The summed E-state index contributed by atoms with van der Waals surface area (Å²) < 4.78 is 0. The standard InChI is InChI=1S/C17H26N2O/c1-6-7-12-18-16(19-17(3,4)5)15-10-8-14(9-11-15)13(2)20/h8-11H,6-7,12H2,1-5H3,(H,18,19). The molecule has 3 nitrogen and oxygen atoms in total. The molecule has 0 atom stereocenters. The van der Waals surface area contributed by atoms with Crippen molar-refractivity contribution in [3.63, 3.8) is 0 Å². The summed E-state index contributed by atoms with van der Waals surface area (Å²) in [5.74, 6) is 0.992. The topological polar surface area (TPSA) is 41.5 Å². The van der Waals surface area contributed by atoms with Gasteiger partial charge in [0.2, 0.25) is 0 Å². The second-order valence-electron chi connectivity index (χ2n) is 6.09. The van der Waals surface area contributed by atoms with Crippen LogP contribution in [0.2, 0.25) is 0 Å². The number of nitrogens with zero attached hydrogens (tertiary/aromatic N) is 1. The highest BCUT2D eigenvalue weighted by Gasteiger charge is 2.14. The Hall–Kier alpha value is -1.64. The van der Waals surface area contributed by atoms with Crippen molar-refractivity contribution in [1.29, 1.82) is 0 Å². The van der Waals surface area contributed by atoms with E-state index in [0.717, 1.165) is 36.3 Å². The Bertz CT molecular complexity index is 467. The summed E-state index contributed by atoms with van der Waals surface area (Å²) in [6, 6.07) is 7.63. The zero-order valence-corrected chi connectivity index (χ0v) is 13.3. The summed E-state index contributed by atoms with van der Waals surface area (Å²) in [6.07, 6.45) is 2.22. The molecule has 0 aliphatic rings. The number of carbonyl (C=O) groups excluding carboxylic acids is 1. The number of rotatable bonds is 5. The van der Waals surface area contributed by atoms with Crippen LogP contribution in [0.25, 0.3) is 0 Å². The number of Topliss-reactive ketones (excluding diaryl/α,β-unsaturated/α-hetero) is 1. The van der Waals surface area contributed by atoms with Gasteiger partial charge in [0.25, 0.3) is 0 Å². The molecule has 1 aromatic carbocycles. The van der Waals surface area contributed by atoms with Crippen LogP contribution in [0.3, 0.4) is 0 Å². The smallest absolute Gasteiger partial charge is 0.159 e. The van der Waals surface area contributed by atoms with Gasteiger partial charge in [-0.2, -0.15) is 0 Å². The van der Waals surface area contributed by atoms with Gasteiger partial charge in [-0.05, 0) is 34.1 Å². The maximum atomic E-state index is 11.3. The molecule has 110 valence electrons. The van der Waals surface area contributed by atoms with E-state index in [-0.39, 0.29) is 11.3 Å². The Kier molecular flexibility index (Phi) is 5.93. The van der Waals surface area contributed by atoms with Gasteiger partial charge in [-0.3, -0.25) is 9.79 Å². The highest BCUT2D eigenvalue weighted by atomic mass is 16.1. The fraction of sp³-hybridized carbons (Fsp3) is 0.529. The predicted molar refractivity (Wildman–Crippen MR) is 85.6 cm³/mol. The molecule has 0 bridgehead atoms. The first-order valence-corrected chi connectivity index (χ1v) is 7.27. The third-order valence-electron chi connectivity index (χ3n) is 2.84. The van der Waals surface area contributed by atoms with Crippen LogP contribution in [-0.4, -0.2) is 23.7 Å². The first kappa shape index (κ1) is 16.4. The van der Waals surface area contributed by atoms with Crippen molar-refractivity contribution < 1.29 is 4.79 Å². The Morgan fingerprint density at radius 3 is 2.15 bits per heavy atom. The second kappa shape index (κ2) is 7.22. The van der Waals surface area contributed by atoms with E-state index >= 15 is 0 Å². The maximum Gasteiger partial charge on any atom is 0.159 e. The fourth-order valence-electron chi connectivity index (χ4n) is 1.77. The molecule has 1 aromatic rings. The van der Waals surface area contributed by atoms with Crippen LogP contribution < -0.4 is 5.32 Å². The van der Waals surface area contributed by atoms with E-state index in [1.807, 2.05) is 24.3 Å². The molecule has 0 radical (unpaired) electrons. The summed E-state index contributed by atoms with van der Waals surface area (Å²) in [4.78, 5) is 16.0. The molecular formula is C17H26N2O. The number of nitrogens with one attached hydrogen (secondary N) is 1.